The van der Waals surface area contributed by atoms with E-state index in [1.54, 1.807) is 10.9 Å². The Morgan fingerprint density at radius 2 is 1.87 bits per heavy atom. The minimum atomic E-state index is -1.06. The van der Waals surface area contributed by atoms with Gasteiger partial charge >= 0.3 is 0 Å². The molecule has 3 aromatic rings. The Kier molecular flexibility index (Phi) is 4.22. The lowest BCUT2D eigenvalue weighted by Crippen LogP contribution is -2.43. The summed E-state index contributed by atoms with van der Waals surface area (Å²) in [5.74, 6) is 0.505. The molecular formula is C23H21ClN4O2. The molecule has 1 atom stereocenters. The number of nitrogens with one attached hydrogen (secondary N) is 2. The van der Waals surface area contributed by atoms with Crippen LogP contribution in [0.3, 0.4) is 0 Å². The SMILES string of the molecule is CC(C)c1ccc2c(c1)C1(CC(=O)Nc3c1cnn3Cc1ccc(Cl)cc1)C(=O)N2. The number of aromatic nitrogens is 2. The Morgan fingerprint density at radius 3 is 2.60 bits per heavy atom. The lowest BCUT2D eigenvalue weighted by molar-refractivity contribution is -0.125. The van der Waals surface area contributed by atoms with Gasteiger partial charge in [0, 0.05) is 22.7 Å². The van der Waals surface area contributed by atoms with Gasteiger partial charge in [-0.2, -0.15) is 5.10 Å². The van der Waals surface area contributed by atoms with Crippen LogP contribution in [0.1, 0.15) is 48.4 Å². The molecule has 152 valence electrons. The molecule has 0 fully saturated rings. The van der Waals surface area contributed by atoms with Gasteiger partial charge in [0.2, 0.25) is 11.8 Å². The number of hydrogen-bond acceptors (Lipinski definition) is 3. The van der Waals surface area contributed by atoms with E-state index < -0.39 is 5.41 Å². The molecule has 7 heteroatoms. The number of amides is 2. The van der Waals surface area contributed by atoms with Crippen LogP contribution < -0.4 is 10.6 Å². The van der Waals surface area contributed by atoms with E-state index in [4.69, 9.17) is 11.6 Å². The molecule has 6 nitrogen and oxygen atoms in total. The van der Waals surface area contributed by atoms with Crippen LogP contribution in [-0.4, -0.2) is 21.6 Å². The summed E-state index contributed by atoms with van der Waals surface area (Å²) in [6.07, 6.45) is 1.77. The zero-order valence-electron chi connectivity index (χ0n) is 16.7. The van der Waals surface area contributed by atoms with Crippen LogP contribution in [0.25, 0.3) is 0 Å². The standard InChI is InChI=1S/C23H21ClN4O2/c1-13(2)15-5-8-19-17(9-15)23(22(30)26-19)10-20(29)27-21-18(23)11-25-28(21)12-14-3-6-16(24)7-4-14/h3-9,11,13H,10,12H2,1-2H3,(H,26,30)(H,27,29). The highest BCUT2D eigenvalue weighted by Crippen LogP contribution is 2.50. The van der Waals surface area contributed by atoms with Gasteiger partial charge in [-0.05, 0) is 40.8 Å². The minimum Gasteiger partial charge on any atom is -0.325 e. The number of carbonyl (C=O) groups excluding carboxylic acids is 2. The zero-order valence-corrected chi connectivity index (χ0v) is 17.5. The van der Waals surface area contributed by atoms with Crippen molar-refractivity contribution in [1.29, 1.82) is 0 Å². The Labute approximate surface area is 179 Å². The smallest absolute Gasteiger partial charge is 0.240 e. The number of benzene rings is 2. The third-order valence-electron chi connectivity index (χ3n) is 6.03. The maximum Gasteiger partial charge on any atom is 0.240 e. The lowest BCUT2D eigenvalue weighted by atomic mass is 9.71. The first-order valence-corrected chi connectivity index (χ1v) is 10.3. The molecule has 2 aliphatic heterocycles. The van der Waals surface area contributed by atoms with Gasteiger partial charge in [-0.3, -0.25) is 9.59 Å². The Hall–Kier alpha value is -3.12. The topological polar surface area (TPSA) is 76.0 Å². The van der Waals surface area contributed by atoms with Crippen molar-refractivity contribution in [1.82, 2.24) is 9.78 Å². The Balaban J connectivity index is 1.64. The van der Waals surface area contributed by atoms with Crippen LogP contribution in [-0.2, 0) is 21.5 Å². The maximum atomic E-state index is 13.3. The first-order valence-electron chi connectivity index (χ1n) is 9.95. The predicted octanol–water partition coefficient (Wildman–Crippen LogP) is 4.29. The summed E-state index contributed by atoms with van der Waals surface area (Å²) < 4.78 is 1.73. The third kappa shape index (κ3) is 2.75. The van der Waals surface area contributed by atoms with Crippen molar-refractivity contribution < 1.29 is 9.59 Å². The molecular weight excluding hydrogens is 400 g/mol. The molecule has 0 saturated carbocycles. The molecule has 0 radical (unpaired) electrons. The maximum absolute atomic E-state index is 13.3. The molecule has 0 bridgehead atoms. The molecule has 1 spiro atoms. The minimum absolute atomic E-state index is 0.0625. The van der Waals surface area contributed by atoms with Gasteiger partial charge in [-0.1, -0.05) is 49.7 Å². The number of halogens is 1. The van der Waals surface area contributed by atoms with E-state index in [0.717, 1.165) is 27.9 Å². The van der Waals surface area contributed by atoms with Crippen LogP contribution in [0.4, 0.5) is 11.5 Å². The van der Waals surface area contributed by atoms with Gasteiger partial charge < -0.3 is 10.6 Å². The normalized spacial score (nSPS) is 19.6. The van der Waals surface area contributed by atoms with Crippen molar-refractivity contribution >= 4 is 34.9 Å². The van der Waals surface area contributed by atoms with Crippen molar-refractivity contribution in [2.75, 3.05) is 10.6 Å². The third-order valence-corrected chi connectivity index (χ3v) is 6.29. The van der Waals surface area contributed by atoms with Gasteiger partial charge in [-0.25, -0.2) is 4.68 Å². The van der Waals surface area contributed by atoms with Gasteiger partial charge in [0.25, 0.3) is 0 Å². The quantitative estimate of drug-likeness (QED) is 0.663. The van der Waals surface area contributed by atoms with E-state index in [9.17, 15) is 9.59 Å². The van der Waals surface area contributed by atoms with Crippen LogP contribution in [0.15, 0.2) is 48.7 Å². The van der Waals surface area contributed by atoms with Crippen molar-refractivity contribution in [3.63, 3.8) is 0 Å². The van der Waals surface area contributed by atoms with E-state index in [2.05, 4.69) is 35.6 Å². The molecule has 1 unspecified atom stereocenters. The lowest BCUT2D eigenvalue weighted by Gasteiger charge is -2.32. The molecule has 0 saturated heterocycles. The second-order valence-electron chi connectivity index (χ2n) is 8.24. The van der Waals surface area contributed by atoms with Crippen molar-refractivity contribution in [3.05, 3.63) is 75.9 Å². The monoisotopic (exact) mass is 420 g/mol. The summed E-state index contributed by atoms with van der Waals surface area (Å²) in [5, 5.41) is 11.1. The number of fused-ring (bicyclic) bond motifs is 4. The molecule has 2 N–H and O–H groups in total. The van der Waals surface area contributed by atoms with Crippen molar-refractivity contribution in [3.8, 4) is 0 Å². The van der Waals surface area contributed by atoms with Gasteiger partial charge in [-0.15, -0.1) is 0 Å². The summed E-state index contributed by atoms with van der Waals surface area (Å²) >= 11 is 5.98. The second-order valence-corrected chi connectivity index (χ2v) is 8.67. The van der Waals surface area contributed by atoms with Gasteiger partial charge in [0.1, 0.15) is 11.2 Å². The number of carbonyl (C=O) groups is 2. The first-order chi connectivity index (χ1) is 14.4. The molecule has 3 heterocycles. The number of nitrogens with zero attached hydrogens (tertiary/aromatic N) is 2. The highest BCUT2D eigenvalue weighted by molar-refractivity contribution is 6.30. The summed E-state index contributed by atoms with van der Waals surface area (Å²) in [6, 6.07) is 13.5. The van der Waals surface area contributed by atoms with Crippen molar-refractivity contribution in [2.24, 2.45) is 0 Å². The van der Waals surface area contributed by atoms with Crippen LogP contribution in [0, 0.1) is 0 Å². The number of rotatable bonds is 3. The predicted molar refractivity (Wildman–Crippen MR) is 116 cm³/mol. The molecule has 5 rings (SSSR count). The van der Waals surface area contributed by atoms with E-state index in [1.807, 2.05) is 36.4 Å². The summed E-state index contributed by atoms with van der Waals surface area (Å²) in [5.41, 5.74) is 3.41. The molecule has 30 heavy (non-hydrogen) atoms. The van der Waals surface area contributed by atoms with Crippen LogP contribution >= 0.6 is 11.6 Å². The Bertz CT molecular complexity index is 1180. The molecule has 2 amide bonds. The zero-order chi connectivity index (χ0) is 21.0. The summed E-state index contributed by atoms with van der Waals surface area (Å²) in [4.78, 5) is 26.0. The fourth-order valence-corrected chi connectivity index (χ4v) is 4.53. The largest absolute Gasteiger partial charge is 0.325 e. The van der Waals surface area contributed by atoms with Gasteiger partial charge in [0.15, 0.2) is 0 Å². The second kappa shape index (κ2) is 6.71. The van der Waals surface area contributed by atoms with Crippen LogP contribution in [0.2, 0.25) is 5.02 Å². The molecule has 2 aliphatic rings. The van der Waals surface area contributed by atoms with E-state index in [-0.39, 0.29) is 18.2 Å². The van der Waals surface area contributed by atoms with E-state index >= 15 is 0 Å². The fourth-order valence-electron chi connectivity index (χ4n) is 4.40. The highest BCUT2D eigenvalue weighted by atomic mass is 35.5. The Morgan fingerprint density at radius 1 is 1.10 bits per heavy atom. The molecule has 1 aromatic heterocycles. The van der Waals surface area contributed by atoms with Crippen LogP contribution in [0.5, 0.6) is 0 Å². The molecule has 2 aromatic carbocycles. The fraction of sp³-hybridized carbons (Fsp3) is 0.261. The number of anilines is 2. The van der Waals surface area contributed by atoms with E-state index in [0.29, 0.717) is 23.3 Å². The first kappa shape index (κ1) is 18.9. The molecule has 0 aliphatic carbocycles. The summed E-state index contributed by atoms with van der Waals surface area (Å²) in [6.45, 7) is 4.69. The number of hydrogen-bond donors (Lipinski definition) is 2. The van der Waals surface area contributed by atoms with E-state index in [1.165, 1.54) is 0 Å². The average molecular weight is 421 g/mol. The average Bonchev–Trinajstić information content (AvgIpc) is 3.23. The van der Waals surface area contributed by atoms with Gasteiger partial charge in [0.05, 0.1) is 12.7 Å². The summed E-state index contributed by atoms with van der Waals surface area (Å²) in [7, 11) is 0. The highest BCUT2D eigenvalue weighted by Gasteiger charge is 2.54. The van der Waals surface area contributed by atoms with Crippen molar-refractivity contribution in [2.45, 2.75) is 38.1 Å².